The molecule has 0 aromatic rings. The van der Waals surface area contributed by atoms with Gasteiger partial charge in [0.05, 0.1) is 10.8 Å². The molecule has 0 saturated carbocycles. The van der Waals surface area contributed by atoms with Crippen molar-refractivity contribution >= 4 is 17.5 Å². The lowest BCUT2D eigenvalue weighted by Gasteiger charge is -2.46. The van der Waals surface area contributed by atoms with E-state index >= 15 is 0 Å². The van der Waals surface area contributed by atoms with Crippen LogP contribution < -0.4 is 0 Å². The molecule has 1 rings (SSSR count). The Morgan fingerprint density at radius 1 is 1.17 bits per heavy atom. The normalized spacial score (nSPS) is 33.4. The molecule has 0 radical (unpaired) electrons. The van der Waals surface area contributed by atoms with E-state index in [0.29, 0.717) is 29.0 Å². The first kappa shape index (κ1) is 16.1. The first-order valence-corrected chi connectivity index (χ1v) is 8.37. The van der Waals surface area contributed by atoms with Crippen molar-refractivity contribution in [1.29, 1.82) is 0 Å². The van der Waals surface area contributed by atoms with Crippen molar-refractivity contribution < 1.29 is 0 Å². The van der Waals surface area contributed by atoms with Gasteiger partial charge in [0.1, 0.15) is 0 Å². The molecule has 106 valence electrons. The molecule has 1 aliphatic rings. The number of aliphatic imine (C=N–C) groups is 1. The maximum Gasteiger partial charge on any atom is 0.0641 e. The fourth-order valence-corrected chi connectivity index (χ4v) is 4.87. The lowest BCUT2D eigenvalue weighted by atomic mass is 9.84. The summed E-state index contributed by atoms with van der Waals surface area (Å²) in [4.78, 5) is 5.20. The Morgan fingerprint density at radius 2 is 1.72 bits per heavy atom. The van der Waals surface area contributed by atoms with E-state index in [-0.39, 0.29) is 4.75 Å². The third-order valence-corrected chi connectivity index (χ3v) is 6.39. The average Bonchev–Trinajstić information content (AvgIpc) is 2.27. The second kappa shape index (κ2) is 5.98. The van der Waals surface area contributed by atoms with Crippen LogP contribution in [-0.4, -0.2) is 21.8 Å². The lowest BCUT2D eigenvalue weighted by molar-refractivity contribution is 0.443. The molecule has 0 saturated heterocycles. The summed E-state index contributed by atoms with van der Waals surface area (Å²) in [5, 5.41) is 0.680. The van der Waals surface area contributed by atoms with Crippen molar-refractivity contribution in [3.8, 4) is 0 Å². The Kier molecular flexibility index (Phi) is 5.34. The maximum absolute atomic E-state index is 5.20. The molecule has 1 heterocycles. The molecule has 1 aliphatic heterocycles. The van der Waals surface area contributed by atoms with Gasteiger partial charge in [-0.15, -0.1) is 11.8 Å². The fraction of sp³-hybridized carbons (Fsp3) is 0.938. The van der Waals surface area contributed by atoms with Crippen LogP contribution in [0.4, 0.5) is 0 Å². The minimum atomic E-state index is 0.222. The molecule has 0 aliphatic carbocycles. The number of hydrogen-bond acceptors (Lipinski definition) is 2. The Hall–Kier alpha value is 0.0200. The molecule has 1 nitrogen and oxygen atoms in total. The Bertz CT molecular complexity index is 306. The Labute approximate surface area is 118 Å². The first-order chi connectivity index (χ1) is 8.24. The summed E-state index contributed by atoms with van der Waals surface area (Å²) in [5.41, 5.74) is 1.44. The molecule has 3 atom stereocenters. The smallest absolute Gasteiger partial charge is 0.0641 e. The number of hydrogen-bond donors (Lipinski definition) is 0. The number of nitrogens with zero attached hydrogens (tertiary/aromatic N) is 1. The van der Waals surface area contributed by atoms with Gasteiger partial charge in [-0.05, 0) is 31.1 Å². The zero-order valence-corrected chi connectivity index (χ0v) is 14.3. The van der Waals surface area contributed by atoms with Crippen molar-refractivity contribution in [1.82, 2.24) is 0 Å². The minimum absolute atomic E-state index is 0.222. The highest BCUT2D eigenvalue weighted by Crippen LogP contribution is 2.46. The summed E-state index contributed by atoms with van der Waals surface area (Å²) in [6, 6.07) is 0.504. The predicted molar refractivity (Wildman–Crippen MR) is 85.8 cm³/mol. The minimum Gasteiger partial charge on any atom is -0.288 e. The molecular weight excluding hydrogens is 238 g/mol. The van der Waals surface area contributed by atoms with E-state index in [1.165, 1.54) is 12.1 Å². The summed E-state index contributed by atoms with van der Waals surface area (Å²) in [6.07, 6.45) is 1.23. The zero-order chi connectivity index (χ0) is 14.1. The van der Waals surface area contributed by atoms with Crippen molar-refractivity contribution in [3.05, 3.63) is 0 Å². The Morgan fingerprint density at radius 3 is 2.06 bits per heavy atom. The molecule has 0 amide bonds. The summed E-state index contributed by atoms with van der Waals surface area (Å²) < 4.78 is 0.222. The molecule has 0 bridgehead atoms. The van der Waals surface area contributed by atoms with E-state index < -0.39 is 0 Å². The third-order valence-electron chi connectivity index (χ3n) is 4.31. The Balaban J connectivity index is 3.21. The van der Waals surface area contributed by atoms with E-state index in [0.717, 1.165) is 0 Å². The van der Waals surface area contributed by atoms with Gasteiger partial charge in [0.2, 0.25) is 0 Å². The van der Waals surface area contributed by atoms with Crippen molar-refractivity contribution in [2.75, 3.05) is 0 Å². The van der Waals surface area contributed by atoms with E-state index in [4.69, 9.17) is 4.99 Å². The average molecular weight is 269 g/mol. The quantitative estimate of drug-likeness (QED) is 0.696. The molecule has 0 aromatic carbocycles. The van der Waals surface area contributed by atoms with Gasteiger partial charge in [-0.3, -0.25) is 4.99 Å². The fourth-order valence-electron chi connectivity index (χ4n) is 2.87. The van der Waals surface area contributed by atoms with Crippen LogP contribution in [0.5, 0.6) is 0 Å². The second-order valence-electron chi connectivity index (χ2n) is 6.73. The van der Waals surface area contributed by atoms with Gasteiger partial charge >= 0.3 is 0 Å². The first-order valence-electron chi connectivity index (χ1n) is 7.50. The van der Waals surface area contributed by atoms with Crippen LogP contribution in [0.1, 0.15) is 61.8 Å². The van der Waals surface area contributed by atoms with Crippen LogP contribution in [0, 0.1) is 17.8 Å². The third kappa shape index (κ3) is 2.95. The number of thioether (sulfide) groups is 1. The highest BCUT2D eigenvalue weighted by Gasteiger charge is 2.44. The van der Waals surface area contributed by atoms with E-state index in [1.807, 2.05) is 0 Å². The molecule has 0 fully saturated rings. The molecule has 0 spiro atoms. The van der Waals surface area contributed by atoms with Gasteiger partial charge in [-0.2, -0.15) is 0 Å². The van der Waals surface area contributed by atoms with Crippen LogP contribution in [0.3, 0.4) is 0 Å². The van der Waals surface area contributed by atoms with Gasteiger partial charge in [-0.1, -0.05) is 48.5 Å². The van der Waals surface area contributed by atoms with Crippen LogP contribution in [0.15, 0.2) is 4.99 Å². The lowest BCUT2D eigenvalue weighted by Crippen LogP contribution is -2.49. The zero-order valence-electron chi connectivity index (χ0n) is 13.4. The molecule has 3 unspecified atom stereocenters. The van der Waals surface area contributed by atoms with Crippen LogP contribution in [0.25, 0.3) is 0 Å². The topological polar surface area (TPSA) is 12.4 Å². The standard InChI is InChI=1S/C16H31NS/c1-9-13-14(10(2)3)17-15(11(4)5)16(8,18-13)12(6)7/h10-14H,9H2,1-8H3. The molecule has 0 aromatic heterocycles. The summed E-state index contributed by atoms with van der Waals surface area (Å²) in [7, 11) is 0. The van der Waals surface area contributed by atoms with Crippen molar-refractivity contribution in [3.63, 3.8) is 0 Å². The van der Waals surface area contributed by atoms with E-state index in [1.54, 1.807) is 0 Å². The number of rotatable bonds is 4. The van der Waals surface area contributed by atoms with Gasteiger partial charge < -0.3 is 0 Å². The molecule has 18 heavy (non-hydrogen) atoms. The predicted octanol–water partition coefficient (Wildman–Crippen LogP) is 5.05. The second-order valence-corrected chi connectivity index (χ2v) is 8.42. The van der Waals surface area contributed by atoms with Gasteiger partial charge in [0.25, 0.3) is 0 Å². The highest BCUT2D eigenvalue weighted by molar-refractivity contribution is 8.02. The van der Waals surface area contributed by atoms with Gasteiger partial charge in [0, 0.05) is 11.0 Å². The van der Waals surface area contributed by atoms with Crippen LogP contribution in [0.2, 0.25) is 0 Å². The van der Waals surface area contributed by atoms with E-state index in [2.05, 4.69) is 67.2 Å². The molecular formula is C16H31NS. The van der Waals surface area contributed by atoms with Crippen molar-refractivity contribution in [2.24, 2.45) is 22.7 Å². The van der Waals surface area contributed by atoms with E-state index in [9.17, 15) is 0 Å². The molecule has 0 N–H and O–H groups in total. The van der Waals surface area contributed by atoms with Crippen LogP contribution >= 0.6 is 11.8 Å². The monoisotopic (exact) mass is 269 g/mol. The van der Waals surface area contributed by atoms with Crippen molar-refractivity contribution in [2.45, 2.75) is 77.8 Å². The van der Waals surface area contributed by atoms with Gasteiger partial charge in [0.15, 0.2) is 0 Å². The van der Waals surface area contributed by atoms with Crippen LogP contribution in [-0.2, 0) is 0 Å². The van der Waals surface area contributed by atoms with Gasteiger partial charge in [-0.25, -0.2) is 0 Å². The SMILES string of the molecule is CCC1SC(C)(C(C)C)C(C(C)C)=NC1C(C)C. The molecule has 2 heteroatoms. The summed E-state index contributed by atoms with van der Waals surface area (Å²) in [5.74, 6) is 1.85. The summed E-state index contributed by atoms with van der Waals surface area (Å²) in [6.45, 7) is 18.6. The largest absolute Gasteiger partial charge is 0.288 e. The highest BCUT2D eigenvalue weighted by atomic mass is 32.2. The summed E-state index contributed by atoms with van der Waals surface area (Å²) >= 11 is 2.18. The maximum atomic E-state index is 5.20.